The number of likely N-dealkylation sites (tertiary alicyclic amines) is 1. The molecule has 0 aromatic carbocycles. The van der Waals surface area contributed by atoms with Crippen molar-refractivity contribution in [3.63, 3.8) is 0 Å². The van der Waals surface area contributed by atoms with Gasteiger partial charge in [0.1, 0.15) is 4.88 Å². The Morgan fingerprint density at radius 3 is 2.88 bits per heavy atom. The number of nitrogens with zero attached hydrogens (tertiary/aromatic N) is 1. The Morgan fingerprint density at radius 1 is 1.38 bits per heavy atom. The van der Waals surface area contributed by atoms with Gasteiger partial charge in [-0.1, -0.05) is 44.1 Å². The van der Waals surface area contributed by atoms with Gasteiger partial charge >= 0.3 is 35.5 Å². The summed E-state index contributed by atoms with van der Waals surface area (Å²) in [5, 5.41) is 8.96. The molecule has 0 bridgehead atoms. The van der Waals surface area contributed by atoms with E-state index in [-0.39, 0.29) is 42.9 Å². The van der Waals surface area contributed by atoms with Gasteiger partial charge in [-0.3, -0.25) is 4.79 Å². The summed E-state index contributed by atoms with van der Waals surface area (Å²) in [6, 6.07) is 3.72. The summed E-state index contributed by atoms with van der Waals surface area (Å²) in [5.74, 6) is -0.648. The van der Waals surface area contributed by atoms with Gasteiger partial charge in [0, 0.05) is 17.8 Å². The summed E-state index contributed by atoms with van der Waals surface area (Å²) >= 11 is 1.32. The molecule has 1 aromatic rings. The molecule has 1 fully saturated rings. The molecule has 0 aliphatic carbocycles. The molecule has 1 aliphatic rings. The molecular weight excluding hydrogens is 357 g/mol. The van der Waals surface area contributed by atoms with Crippen LogP contribution in [0.5, 0.6) is 0 Å². The number of aryl methyl sites for hydroxylation is 1. The zero-order valence-corrected chi connectivity index (χ0v) is 18.6. The van der Waals surface area contributed by atoms with Gasteiger partial charge in [-0.2, -0.15) is 0 Å². The van der Waals surface area contributed by atoms with Crippen LogP contribution in [0.4, 0.5) is 0 Å². The van der Waals surface area contributed by atoms with E-state index in [1.165, 1.54) is 24.2 Å². The number of aromatic carboxylic acids is 1. The third kappa shape index (κ3) is 7.39. The van der Waals surface area contributed by atoms with Crippen molar-refractivity contribution in [2.24, 2.45) is 0 Å². The summed E-state index contributed by atoms with van der Waals surface area (Å²) in [7, 11) is 0. The van der Waals surface area contributed by atoms with Crippen LogP contribution in [0.15, 0.2) is 36.4 Å². The van der Waals surface area contributed by atoms with E-state index in [9.17, 15) is 9.59 Å². The Labute approximate surface area is 183 Å². The second kappa shape index (κ2) is 12.5. The SMILES string of the molecule is CCCC/C=C/C=C\[C@H]1CCC(=O)N1CCCc1ccc(C(=O)O)s1.[H-].[Na+]. The zero-order chi connectivity index (χ0) is 18.1. The predicted molar refractivity (Wildman–Crippen MR) is 103 cm³/mol. The number of carboxylic acids is 1. The van der Waals surface area contributed by atoms with Crippen molar-refractivity contribution in [2.45, 2.75) is 57.9 Å². The van der Waals surface area contributed by atoms with Crippen LogP contribution in [0.2, 0.25) is 0 Å². The third-order valence-corrected chi connectivity index (χ3v) is 5.51. The van der Waals surface area contributed by atoms with E-state index in [0.29, 0.717) is 11.3 Å². The fraction of sp³-hybridized carbons (Fsp3) is 0.500. The van der Waals surface area contributed by atoms with E-state index in [0.717, 1.165) is 37.1 Å². The Kier molecular flexibility index (Phi) is 11.1. The number of hydrogen-bond donors (Lipinski definition) is 1. The van der Waals surface area contributed by atoms with E-state index < -0.39 is 5.97 Å². The van der Waals surface area contributed by atoms with Gasteiger partial charge in [0.05, 0.1) is 6.04 Å². The number of amides is 1. The average Bonchev–Trinajstić information content (AvgIpc) is 3.19. The van der Waals surface area contributed by atoms with Gasteiger partial charge in [0.25, 0.3) is 0 Å². The fourth-order valence-corrected chi connectivity index (χ4v) is 3.87. The number of rotatable bonds is 10. The molecule has 0 radical (unpaired) electrons. The topological polar surface area (TPSA) is 57.6 Å². The van der Waals surface area contributed by atoms with Crippen molar-refractivity contribution < 1.29 is 45.7 Å². The maximum absolute atomic E-state index is 12.1. The minimum Gasteiger partial charge on any atom is -1.00 e. The Morgan fingerprint density at radius 2 is 2.19 bits per heavy atom. The Hall–Kier alpha value is -0.880. The summed E-state index contributed by atoms with van der Waals surface area (Å²) in [6.07, 6.45) is 15.2. The van der Waals surface area contributed by atoms with Gasteiger partial charge in [0.2, 0.25) is 5.91 Å². The summed E-state index contributed by atoms with van der Waals surface area (Å²) < 4.78 is 0. The molecule has 0 saturated carbocycles. The predicted octanol–water partition coefficient (Wildman–Crippen LogP) is 1.79. The molecule has 26 heavy (non-hydrogen) atoms. The van der Waals surface area contributed by atoms with Crippen molar-refractivity contribution >= 4 is 23.2 Å². The minimum absolute atomic E-state index is 0. The molecule has 0 spiro atoms. The second-order valence-electron chi connectivity index (χ2n) is 6.32. The second-order valence-corrected chi connectivity index (χ2v) is 7.49. The van der Waals surface area contributed by atoms with E-state index in [1.54, 1.807) is 6.07 Å². The first kappa shape index (κ1) is 23.2. The first-order valence-electron chi connectivity index (χ1n) is 9.06. The summed E-state index contributed by atoms with van der Waals surface area (Å²) in [5.41, 5.74) is 0. The van der Waals surface area contributed by atoms with E-state index in [2.05, 4.69) is 31.2 Å². The Balaban J connectivity index is 0.00000338. The molecule has 1 aliphatic heterocycles. The van der Waals surface area contributed by atoms with Crippen molar-refractivity contribution in [1.82, 2.24) is 4.90 Å². The van der Waals surface area contributed by atoms with Crippen molar-refractivity contribution in [2.75, 3.05) is 6.54 Å². The van der Waals surface area contributed by atoms with Crippen LogP contribution < -0.4 is 29.6 Å². The van der Waals surface area contributed by atoms with Crippen molar-refractivity contribution in [1.29, 1.82) is 0 Å². The molecule has 1 atom stereocenters. The number of unbranched alkanes of at least 4 members (excludes halogenated alkanes) is 2. The van der Waals surface area contributed by atoms with Gasteiger partial charge in [-0.05, 0) is 37.8 Å². The first-order valence-corrected chi connectivity index (χ1v) is 9.88. The van der Waals surface area contributed by atoms with Crippen molar-refractivity contribution in [3.05, 3.63) is 46.2 Å². The molecule has 2 rings (SSSR count). The van der Waals surface area contributed by atoms with Crippen LogP contribution in [0.1, 0.15) is 61.4 Å². The summed E-state index contributed by atoms with van der Waals surface area (Å²) in [4.78, 5) is 26.4. The van der Waals surface area contributed by atoms with Crippen LogP contribution in [-0.4, -0.2) is 34.5 Å². The number of thiophene rings is 1. The minimum atomic E-state index is -0.872. The van der Waals surface area contributed by atoms with Crippen molar-refractivity contribution in [3.8, 4) is 0 Å². The smallest absolute Gasteiger partial charge is 1.00 e. The molecule has 6 heteroatoms. The molecule has 1 saturated heterocycles. The molecule has 1 aromatic heterocycles. The molecule has 0 unspecified atom stereocenters. The molecule has 1 amide bonds. The van der Waals surface area contributed by atoms with Gasteiger partial charge in [0.15, 0.2) is 0 Å². The molecular formula is C20H28NNaO3S. The molecule has 138 valence electrons. The van der Waals surface area contributed by atoms with Crippen LogP contribution in [0.3, 0.4) is 0 Å². The first-order chi connectivity index (χ1) is 12.1. The molecule has 4 nitrogen and oxygen atoms in total. The van der Waals surface area contributed by atoms with E-state index >= 15 is 0 Å². The molecule has 2 heterocycles. The number of carbonyl (C=O) groups excluding carboxylic acids is 1. The Bertz CT molecular complexity index is 645. The number of hydrogen-bond acceptors (Lipinski definition) is 3. The van der Waals surface area contributed by atoms with Crippen LogP contribution in [0.25, 0.3) is 0 Å². The maximum atomic E-state index is 12.1. The number of carboxylic acid groups (broad SMARTS) is 1. The standard InChI is InChI=1S/C20H27NO3S.Na.H/c1-2-3-4-5-6-7-9-16-11-14-19(22)21(16)15-8-10-17-12-13-18(25-17)20(23)24;;/h5-7,9,12-13,16H,2-4,8,10-11,14-15H2,1H3,(H,23,24);;/q;+1;-1/b6-5+,9-7-;;/t16-;;/m0../s1. The normalized spacial score (nSPS) is 17.3. The van der Waals surface area contributed by atoms with Crippen LogP contribution in [-0.2, 0) is 11.2 Å². The van der Waals surface area contributed by atoms with E-state index in [4.69, 9.17) is 5.11 Å². The number of carbonyl (C=O) groups is 2. The van der Waals surface area contributed by atoms with Gasteiger partial charge in [-0.25, -0.2) is 4.79 Å². The number of allylic oxidation sites excluding steroid dienone is 3. The average molecular weight is 386 g/mol. The maximum Gasteiger partial charge on any atom is 1.00 e. The van der Waals surface area contributed by atoms with Crippen LogP contribution in [0, 0.1) is 0 Å². The van der Waals surface area contributed by atoms with Gasteiger partial charge in [-0.15, -0.1) is 11.3 Å². The molecule has 1 N–H and O–H groups in total. The van der Waals surface area contributed by atoms with Crippen LogP contribution >= 0.6 is 11.3 Å². The fourth-order valence-electron chi connectivity index (χ4n) is 2.99. The largest absolute Gasteiger partial charge is 1.00 e. The summed E-state index contributed by atoms with van der Waals surface area (Å²) in [6.45, 7) is 2.91. The quantitative estimate of drug-likeness (QED) is 0.380. The van der Waals surface area contributed by atoms with Gasteiger partial charge < -0.3 is 11.4 Å². The third-order valence-electron chi connectivity index (χ3n) is 4.37. The zero-order valence-electron chi connectivity index (χ0n) is 16.8. The van der Waals surface area contributed by atoms with E-state index in [1.807, 2.05) is 11.0 Å². The monoisotopic (exact) mass is 385 g/mol.